The van der Waals surface area contributed by atoms with Crippen molar-refractivity contribution < 1.29 is 4.74 Å². The van der Waals surface area contributed by atoms with Gasteiger partial charge in [-0.1, -0.05) is 17.7 Å². The second-order valence-corrected chi connectivity index (χ2v) is 7.68. The van der Waals surface area contributed by atoms with Gasteiger partial charge in [0, 0.05) is 11.1 Å². The fourth-order valence-corrected chi connectivity index (χ4v) is 4.06. The van der Waals surface area contributed by atoms with E-state index in [1.54, 1.807) is 6.07 Å². The molecule has 1 aliphatic heterocycles. The number of fused-ring (bicyclic) bond motifs is 2. The third-order valence-electron chi connectivity index (χ3n) is 5.13. The van der Waals surface area contributed by atoms with Gasteiger partial charge in [0.15, 0.2) is 0 Å². The van der Waals surface area contributed by atoms with Crippen LogP contribution in [-0.4, -0.2) is 33.9 Å². The van der Waals surface area contributed by atoms with Crippen LogP contribution in [0.3, 0.4) is 0 Å². The highest BCUT2D eigenvalue weighted by atomic mass is 35.5. The van der Waals surface area contributed by atoms with E-state index in [0.29, 0.717) is 40.6 Å². The fourth-order valence-electron chi connectivity index (χ4n) is 3.88. The SMILES string of the molecule is CC(C)n1nc(N[C@H]2[C@@H]3CC[C@H]2CNC3)nc1Oc1cccc(Cl)c1. The molecule has 2 aromatic rings. The number of hydrogen-bond donors (Lipinski definition) is 2. The highest BCUT2D eigenvalue weighted by Gasteiger charge is 2.39. The van der Waals surface area contributed by atoms with Crippen LogP contribution in [0.1, 0.15) is 32.7 Å². The van der Waals surface area contributed by atoms with Gasteiger partial charge < -0.3 is 15.4 Å². The van der Waals surface area contributed by atoms with Gasteiger partial charge in [0.25, 0.3) is 0 Å². The minimum atomic E-state index is 0.155. The minimum Gasteiger partial charge on any atom is -0.424 e. The van der Waals surface area contributed by atoms with Crippen LogP contribution in [0.2, 0.25) is 5.02 Å². The van der Waals surface area contributed by atoms with Gasteiger partial charge in [0.1, 0.15) is 5.75 Å². The molecule has 1 aromatic carbocycles. The van der Waals surface area contributed by atoms with Crippen molar-refractivity contribution in [3.05, 3.63) is 29.3 Å². The first-order valence-corrected chi connectivity index (χ1v) is 9.35. The zero-order valence-corrected chi connectivity index (χ0v) is 15.3. The number of aromatic nitrogens is 3. The molecule has 0 amide bonds. The van der Waals surface area contributed by atoms with Gasteiger partial charge in [0.05, 0.1) is 6.04 Å². The Morgan fingerprint density at radius 2 is 2.04 bits per heavy atom. The molecule has 7 heteroatoms. The van der Waals surface area contributed by atoms with Gasteiger partial charge in [-0.2, -0.15) is 4.98 Å². The van der Waals surface area contributed by atoms with Crippen LogP contribution in [0, 0.1) is 11.8 Å². The van der Waals surface area contributed by atoms with E-state index in [1.165, 1.54) is 12.8 Å². The Labute approximate surface area is 152 Å². The molecule has 1 aromatic heterocycles. The normalized spacial score (nSPS) is 25.4. The summed E-state index contributed by atoms with van der Waals surface area (Å²) in [5.41, 5.74) is 0. The molecule has 0 spiro atoms. The predicted molar refractivity (Wildman–Crippen MR) is 98.4 cm³/mol. The number of hydrogen-bond acceptors (Lipinski definition) is 5. The highest BCUT2D eigenvalue weighted by molar-refractivity contribution is 6.30. The number of rotatable bonds is 5. The number of ether oxygens (including phenoxy) is 1. The van der Waals surface area contributed by atoms with Crippen molar-refractivity contribution in [3.63, 3.8) is 0 Å². The summed E-state index contributed by atoms with van der Waals surface area (Å²) >= 11 is 6.05. The van der Waals surface area contributed by atoms with Crippen LogP contribution in [0.5, 0.6) is 11.8 Å². The van der Waals surface area contributed by atoms with E-state index in [0.717, 1.165) is 13.1 Å². The Bertz CT molecular complexity index is 731. The first-order chi connectivity index (χ1) is 12.1. The number of piperidine rings is 1. The summed E-state index contributed by atoms with van der Waals surface area (Å²) in [5.74, 6) is 2.62. The molecule has 1 saturated carbocycles. The van der Waals surface area contributed by atoms with E-state index in [4.69, 9.17) is 16.3 Å². The summed E-state index contributed by atoms with van der Waals surface area (Å²) in [5, 5.41) is 12.4. The van der Waals surface area contributed by atoms with E-state index in [-0.39, 0.29) is 6.04 Å². The maximum atomic E-state index is 6.05. The summed E-state index contributed by atoms with van der Waals surface area (Å²) in [4.78, 5) is 4.60. The Balaban J connectivity index is 1.55. The smallest absolute Gasteiger partial charge is 0.322 e. The molecule has 4 rings (SSSR count). The Morgan fingerprint density at radius 1 is 1.28 bits per heavy atom. The summed E-state index contributed by atoms with van der Waals surface area (Å²) in [6.45, 7) is 6.28. The third kappa shape index (κ3) is 3.46. The minimum absolute atomic E-state index is 0.155. The lowest BCUT2D eigenvalue weighted by atomic mass is 9.94. The number of anilines is 1. The number of halogens is 1. The number of nitrogens with zero attached hydrogens (tertiary/aromatic N) is 3. The molecule has 2 heterocycles. The van der Waals surface area contributed by atoms with Gasteiger partial charge in [-0.25, -0.2) is 4.68 Å². The van der Waals surface area contributed by atoms with Crippen LogP contribution >= 0.6 is 11.6 Å². The van der Waals surface area contributed by atoms with Crippen molar-refractivity contribution >= 4 is 17.5 Å². The van der Waals surface area contributed by atoms with Gasteiger partial charge in [0.2, 0.25) is 5.95 Å². The van der Waals surface area contributed by atoms with Gasteiger partial charge >= 0.3 is 6.01 Å². The maximum Gasteiger partial charge on any atom is 0.322 e. The van der Waals surface area contributed by atoms with E-state index in [9.17, 15) is 0 Å². The number of benzene rings is 1. The Kier molecular flexibility index (Phi) is 4.56. The van der Waals surface area contributed by atoms with Gasteiger partial charge in [-0.3, -0.25) is 0 Å². The Hall–Kier alpha value is -1.79. The van der Waals surface area contributed by atoms with Crippen molar-refractivity contribution in [3.8, 4) is 11.8 Å². The molecule has 2 fully saturated rings. The summed E-state index contributed by atoms with van der Waals surface area (Å²) in [7, 11) is 0. The molecule has 134 valence electrons. The first-order valence-electron chi connectivity index (χ1n) is 8.97. The molecular weight excluding hydrogens is 338 g/mol. The molecule has 0 radical (unpaired) electrons. The quantitative estimate of drug-likeness (QED) is 0.849. The summed E-state index contributed by atoms with van der Waals surface area (Å²) in [6.07, 6.45) is 2.54. The predicted octanol–water partition coefficient (Wildman–Crippen LogP) is 3.71. The standard InChI is InChI=1S/C18H24ClN5O/c1-11(2)24-18(25-15-5-3-4-14(19)8-15)22-17(23-24)21-16-12-6-7-13(16)10-20-9-12/h3-5,8,11-13,16,20H,6-7,9-10H2,1-2H3,(H,21,23)/t12-,13+,16+. The van der Waals surface area contributed by atoms with Crippen LogP contribution < -0.4 is 15.4 Å². The van der Waals surface area contributed by atoms with Crippen LogP contribution in [0.25, 0.3) is 0 Å². The molecule has 1 saturated heterocycles. The first kappa shape index (κ1) is 16.7. The average Bonchev–Trinajstić information content (AvgIpc) is 3.04. The molecule has 1 aliphatic carbocycles. The van der Waals surface area contributed by atoms with Crippen molar-refractivity contribution in [2.75, 3.05) is 18.4 Å². The van der Waals surface area contributed by atoms with Crippen LogP contribution in [0.15, 0.2) is 24.3 Å². The van der Waals surface area contributed by atoms with Crippen molar-refractivity contribution in [1.29, 1.82) is 0 Å². The topological polar surface area (TPSA) is 64.0 Å². The average molecular weight is 362 g/mol. The van der Waals surface area contributed by atoms with Gasteiger partial charge in [-0.15, -0.1) is 5.10 Å². The third-order valence-corrected chi connectivity index (χ3v) is 5.36. The molecule has 25 heavy (non-hydrogen) atoms. The van der Waals surface area contributed by atoms with E-state index in [1.807, 2.05) is 22.9 Å². The van der Waals surface area contributed by atoms with Crippen LogP contribution in [-0.2, 0) is 0 Å². The lowest BCUT2D eigenvalue weighted by Crippen LogP contribution is -2.45. The molecule has 2 aliphatic rings. The molecular formula is C18H24ClN5O. The zero-order chi connectivity index (χ0) is 17.4. The highest BCUT2D eigenvalue weighted by Crippen LogP contribution is 2.36. The maximum absolute atomic E-state index is 6.05. The second kappa shape index (κ2) is 6.84. The van der Waals surface area contributed by atoms with Crippen LogP contribution in [0.4, 0.5) is 5.95 Å². The molecule has 6 nitrogen and oxygen atoms in total. The van der Waals surface area contributed by atoms with Crippen molar-refractivity contribution in [1.82, 2.24) is 20.1 Å². The molecule has 3 atom stereocenters. The lowest BCUT2D eigenvalue weighted by Gasteiger charge is -2.30. The fraction of sp³-hybridized carbons (Fsp3) is 0.556. The molecule has 0 unspecified atom stereocenters. The van der Waals surface area contributed by atoms with Crippen molar-refractivity contribution in [2.24, 2.45) is 11.8 Å². The second-order valence-electron chi connectivity index (χ2n) is 7.24. The van der Waals surface area contributed by atoms with Crippen molar-refractivity contribution in [2.45, 2.75) is 38.8 Å². The monoisotopic (exact) mass is 361 g/mol. The van der Waals surface area contributed by atoms with E-state index >= 15 is 0 Å². The molecule has 2 bridgehead atoms. The lowest BCUT2D eigenvalue weighted by molar-refractivity contribution is 0.341. The molecule has 2 N–H and O–H groups in total. The number of nitrogens with one attached hydrogen (secondary N) is 2. The van der Waals surface area contributed by atoms with Gasteiger partial charge in [-0.05, 0) is 69.8 Å². The summed E-state index contributed by atoms with van der Waals surface area (Å²) in [6, 6.07) is 8.42. The van der Waals surface area contributed by atoms with E-state index in [2.05, 4.69) is 34.6 Å². The summed E-state index contributed by atoms with van der Waals surface area (Å²) < 4.78 is 7.76. The largest absolute Gasteiger partial charge is 0.424 e. The zero-order valence-electron chi connectivity index (χ0n) is 14.6. The van der Waals surface area contributed by atoms with E-state index < -0.39 is 0 Å². The Morgan fingerprint density at radius 3 is 2.72 bits per heavy atom.